The van der Waals surface area contributed by atoms with Crippen LogP contribution < -0.4 is 5.32 Å². The van der Waals surface area contributed by atoms with Gasteiger partial charge >= 0.3 is 0 Å². The first-order valence-corrected chi connectivity index (χ1v) is 12.9. The summed E-state index contributed by atoms with van der Waals surface area (Å²) in [5.41, 5.74) is 2.08. The van der Waals surface area contributed by atoms with Crippen LogP contribution in [0.4, 0.5) is 5.69 Å². The second kappa shape index (κ2) is 7.17. The van der Waals surface area contributed by atoms with Gasteiger partial charge in [-0.05, 0) is 91.5 Å². The molecule has 4 aliphatic carbocycles. The number of nitrogens with zero attached hydrogens (tertiary/aromatic N) is 1. The molecule has 0 unspecified atom stereocenters. The molecular formula is C25H26N2O4S. The summed E-state index contributed by atoms with van der Waals surface area (Å²) in [4.78, 5) is 25.0. The van der Waals surface area contributed by atoms with Crippen molar-refractivity contribution in [2.45, 2.75) is 42.9 Å². The first-order chi connectivity index (χ1) is 15.4. The van der Waals surface area contributed by atoms with Gasteiger partial charge in [-0.15, -0.1) is 0 Å². The molecule has 2 amide bonds. The Hall–Kier alpha value is -2.67. The van der Waals surface area contributed by atoms with E-state index in [1.165, 1.54) is 49.8 Å². The minimum atomic E-state index is -3.99. The van der Waals surface area contributed by atoms with E-state index >= 15 is 0 Å². The summed E-state index contributed by atoms with van der Waals surface area (Å²) in [7, 11) is -3.99. The molecule has 0 radical (unpaired) electrons. The van der Waals surface area contributed by atoms with Crippen molar-refractivity contribution in [3.63, 3.8) is 0 Å². The molecule has 6 nitrogen and oxygen atoms in total. The van der Waals surface area contributed by atoms with E-state index in [2.05, 4.69) is 17.4 Å². The van der Waals surface area contributed by atoms with Gasteiger partial charge < -0.3 is 5.32 Å². The second-order valence-corrected chi connectivity index (χ2v) is 11.8. The molecule has 2 aromatic rings. The lowest BCUT2D eigenvalue weighted by atomic mass is 9.51. The summed E-state index contributed by atoms with van der Waals surface area (Å²) in [6.07, 6.45) is 6.87. The molecule has 2 aromatic carbocycles. The van der Waals surface area contributed by atoms with Crippen LogP contribution in [-0.2, 0) is 14.8 Å². The highest BCUT2D eigenvalue weighted by Gasteiger charge is 2.48. The Balaban J connectivity index is 1.14. The van der Waals surface area contributed by atoms with Crippen LogP contribution in [0.5, 0.6) is 0 Å². The number of fused-ring (bicyclic) bond motifs is 1. The quantitative estimate of drug-likeness (QED) is 0.763. The number of benzene rings is 2. The van der Waals surface area contributed by atoms with E-state index in [1.807, 2.05) is 12.1 Å². The highest BCUT2D eigenvalue weighted by Crippen LogP contribution is 2.59. The zero-order valence-electron chi connectivity index (χ0n) is 17.7. The van der Waals surface area contributed by atoms with Crippen LogP contribution >= 0.6 is 0 Å². The topological polar surface area (TPSA) is 83.6 Å². The third-order valence-electron chi connectivity index (χ3n) is 8.01. The minimum absolute atomic E-state index is 0.0437. The van der Waals surface area contributed by atoms with Gasteiger partial charge in [-0.3, -0.25) is 9.59 Å². The van der Waals surface area contributed by atoms with E-state index in [0.29, 0.717) is 15.9 Å². The van der Waals surface area contributed by atoms with Crippen molar-refractivity contribution in [3.05, 3.63) is 59.7 Å². The maximum atomic E-state index is 12.6. The lowest BCUT2D eigenvalue weighted by Gasteiger charge is -2.54. The third-order valence-corrected chi connectivity index (χ3v) is 9.79. The van der Waals surface area contributed by atoms with Crippen LogP contribution in [0.25, 0.3) is 0 Å². The summed E-state index contributed by atoms with van der Waals surface area (Å²) in [5.74, 6) is 2.88. The fraction of sp³-hybridized carbons (Fsp3) is 0.440. The zero-order valence-corrected chi connectivity index (χ0v) is 18.6. The highest BCUT2D eigenvalue weighted by molar-refractivity contribution is 7.90. The fourth-order valence-electron chi connectivity index (χ4n) is 6.98. The Bertz CT molecular complexity index is 1180. The summed E-state index contributed by atoms with van der Waals surface area (Å²) >= 11 is 0. The van der Waals surface area contributed by atoms with Gasteiger partial charge in [0.25, 0.3) is 15.9 Å². The number of hydrogen-bond donors (Lipinski definition) is 1. The molecule has 1 N–H and O–H groups in total. The van der Waals surface area contributed by atoms with E-state index in [1.54, 1.807) is 12.1 Å². The molecule has 5 aliphatic rings. The molecule has 166 valence electrons. The van der Waals surface area contributed by atoms with Gasteiger partial charge in [0.2, 0.25) is 5.91 Å². The zero-order chi connectivity index (χ0) is 22.0. The van der Waals surface area contributed by atoms with Gasteiger partial charge in [0.15, 0.2) is 0 Å². The lowest BCUT2D eigenvalue weighted by Crippen LogP contribution is -2.43. The summed E-state index contributed by atoms with van der Waals surface area (Å²) in [5, 5.41) is 2.75. The molecule has 1 heterocycles. The molecule has 32 heavy (non-hydrogen) atoms. The fourth-order valence-corrected chi connectivity index (χ4v) is 8.50. The van der Waals surface area contributed by atoms with Crippen LogP contribution in [-0.4, -0.2) is 31.1 Å². The van der Waals surface area contributed by atoms with E-state index in [0.717, 1.165) is 23.7 Å². The average Bonchev–Trinajstić information content (AvgIpc) is 2.95. The normalized spacial score (nSPS) is 31.6. The molecule has 7 heteroatoms. The third kappa shape index (κ3) is 3.09. The summed E-state index contributed by atoms with van der Waals surface area (Å²) in [6, 6.07) is 14.0. The van der Waals surface area contributed by atoms with Gasteiger partial charge in [-0.2, -0.15) is 0 Å². The van der Waals surface area contributed by atoms with Crippen LogP contribution in [0, 0.1) is 23.7 Å². The SMILES string of the molecule is O=C(CN1C(=O)c2ccccc2S1(=O)=O)Nc1ccc(C2C3CC4CC(C3)CC2C4)cc1. The monoisotopic (exact) mass is 450 g/mol. The van der Waals surface area contributed by atoms with Crippen molar-refractivity contribution in [2.75, 3.05) is 11.9 Å². The predicted molar refractivity (Wildman–Crippen MR) is 120 cm³/mol. The molecule has 4 fully saturated rings. The van der Waals surface area contributed by atoms with Crippen LogP contribution in [0.15, 0.2) is 53.4 Å². The number of carbonyl (C=O) groups is 2. The minimum Gasteiger partial charge on any atom is -0.325 e. The Morgan fingerprint density at radius 3 is 2.16 bits per heavy atom. The molecule has 7 rings (SSSR count). The van der Waals surface area contributed by atoms with E-state index in [-0.39, 0.29) is 10.5 Å². The van der Waals surface area contributed by atoms with Crippen molar-refractivity contribution in [3.8, 4) is 0 Å². The first kappa shape index (κ1) is 20.0. The Morgan fingerprint density at radius 2 is 1.53 bits per heavy atom. The standard InChI is InChI=1S/C25H26N2O4S/c28-23(14-27-25(29)21-3-1-2-4-22(21)32(27,30)31)26-20-7-5-17(6-8-20)24-18-10-15-9-16(12-18)13-19(24)11-15/h1-8,15-16,18-19,24H,9-14H2,(H,26,28). The van der Waals surface area contributed by atoms with E-state index in [4.69, 9.17) is 0 Å². The number of rotatable bonds is 4. The highest BCUT2D eigenvalue weighted by atomic mass is 32.2. The van der Waals surface area contributed by atoms with E-state index in [9.17, 15) is 18.0 Å². The van der Waals surface area contributed by atoms with Gasteiger partial charge in [0, 0.05) is 5.69 Å². The van der Waals surface area contributed by atoms with Crippen molar-refractivity contribution in [1.29, 1.82) is 0 Å². The molecule has 0 atom stereocenters. The molecule has 0 saturated heterocycles. The molecule has 4 bridgehead atoms. The number of anilines is 1. The van der Waals surface area contributed by atoms with Gasteiger partial charge in [0.05, 0.1) is 5.56 Å². The van der Waals surface area contributed by atoms with Crippen LogP contribution in [0.2, 0.25) is 0 Å². The Labute approximate surface area is 188 Å². The number of carbonyl (C=O) groups excluding carboxylic acids is 2. The summed E-state index contributed by atoms with van der Waals surface area (Å²) < 4.78 is 25.9. The second-order valence-electron chi connectivity index (χ2n) is 9.94. The van der Waals surface area contributed by atoms with Crippen LogP contribution in [0.1, 0.15) is 53.9 Å². The number of amides is 2. The molecule has 4 saturated carbocycles. The maximum Gasteiger partial charge on any atom is 0.269 e. The van der Waals surface area contributed by atoms with Crippen molar-refractivity contribution in [2.24, 2.45) is 23.7 Å². The Morgan fingerprint density at radius 1 is 0.906 bits per heavy atom. The number of hydrogen-bond acceptors (Lipinski definition) is 4. The average molecular weight is 451 g/mol. The van der Waals surface area contributed by atoms with Crippen molar-refractivity contribution in [1.82, 2.24) is 4.31 Å². The van der Waals surface area contributed by atoms with Gasteiger partial charge in [-0.25, -0.2) is 12.7 Å². The largest absolute Gasteiger partial charge is 0.325 e. The first-order valence-electron chi connectivity index (χ1n) is 11.5. The smallest absolute Gasteiger partial charge is 0.269 e. The maximum absolute atomic E-state index is 12.6. The molecule has 0 aromatic heterocycles. The Kier molecular flexibility index (Phi) is 4.47. The van der Waals surface area contributed by atoms with Gasteiger partial charge in [0.1, 0.15) is 11.4 Å². The van der Waals surface area contributed by atoms with Crippen LogP contribution in [0.3, 0.4) is 0 Å². The number of sulfonamides is 1. The molecule has 1 aliphatic heterocycles. The number of nitrogens with one attached hydrogen (secondary N) is 1. The van der Waals surface area contributed by atoms with Crippen molar-refractivity contribution < 1.29 is 18.0 Å². The van der Waals surface area contributed by atoms with Crippen molar-refractivity contribution >= 4 is 27.5 Å². The van der Waals surface area contributed by atoms with E-state index < -0.39 is 28.4 Å². The molecule has 0 spiro atoms. The predicted octanol–water partition coefficient (Wildman–Crippen LogP) is 4.01. The molecular weight excluding hydrogens is 424 g/mol. The van der Waals surface area contributed by atoms with Gasteiger partial charge in [-0.1, -0.05) is 24.3 Å². The lowest BCUT2D eigenvalue weighted by molar-refractivity contribution is -0.116. The summed E-state index contributed by atoms with van der Waals surface area (Å²) in [6.45, 7) is -0.535.